The summed E-state index contributed by atoms with van der Waals surface area (Å²) in [5.74, 6) is -0.212. The fourth-order valence-corrected chi connectivity index (χ4v) is 1.85. The lowest BCUT2D eigenvalue weighted by Crippen LogP contribution is -2.23. The van der Waals surface area contributed by atoms with E-state index >= 15 is 0 Å². The lowest BCUT2D eigenvalue weighted by molar-refractivity contribution is 0.0952. The van der Waals surface area contributed by atoms with Gasteiger partial charge in [0, 0.05) is 18.6 Å². The molecule has 2 rings (SSSR count). The number of amides is 1. The zero-order chi connectivity index (χ0) is 13.8. The van der Waals surface area contributed by atoms with E-state index in [4.69, 9.17) is 11.6 Å². The maximum absolute atomic E-state index is 11.8. The molecule has 5 heteroatoms. The molecule has 0 atom stereocenters. The van der Waals surface area contributed by atoms with Crippen molar-refractivity contribution in [3.63, 3.8) is 0 Å². The minimum atomic E-state index is -0.212. The van der Waals surface area contributed by atoms with Gasteiger partial charge >= 0.3 is 0 Å². The van der Waals surface area contributed by atoms with Crippen LogP contribution in [0.5, 0.6) is 0 Å². The Bertz CT molecular complexity index is 602. The number of aryl methyl sites for hydroxylation is 1. The van der Waals surface area contributed by atoms with Crippen LogP contribution in [-0.2, 0) is 7.05 Å². The molecule has 0 saturated carbocycles. The molecule has 0 bridgehead atoms. The van der Waals surface area contributed by atoms with Gasteiger partial charge in [-0.15, -0.1) is 6.58 Å². The summed E-state index contributed by atoms with van der Waals surface area (Å²) in [7, 11) is 1.80. The van der Waals surface area contributed by atoms with Crippen LogP contribution in [0.15, 0.2) is 43.0 Å². The molecule has 1 aromatic heterocycles. The number of aromatic nitrogens is 2. The van der Waals surface area contributed by atoms with E-state index in [9.17, 15) is 4.79 Å². The Labute approximate surface area is 116 Å². The van der Waals surface area contributed by atoms with Crippen molar-refractivity contribution in [3.05, 3.63) is 53.7 Å². The SMILES string of the molecule is C=CCNC(=O)c1cc(-c2ccc(Cl)cc2)n(C)n1. The van der Waals surface area contributed by atoms with Crippen molar-refractivity contribution < 1.29 is 4.79 Å². The molecule has 1 aromatic carbocycles. The van der Waals surface area contributed by atoms with Gasteiger partial charge in [0.25, 0.3) is 5.91 Å². The molecule has 0 aliphatic heterocycles. The maximum atomic E-state index is 11.8. The molecule has 0 saturated heterocycles. The predicted octanol–water partition coefficient (Wildman–Crippen LogP) is 2.66. The summed E-state index contributed by atoms with van der Waals surface area (Å²) in [6.07, 6.45) is 1.63. The third kappa shape index (κ3) is 3.03. The Kier molecular flexibility index (Phi) is 4.02. The van der Waals surface area contributed by atoms with Gasteiger partial charge in [-0.25, -0.2) is 0 Å². The summed E-state index contributed by atoms with van der Waals surface area (Å²) < 4.78 is 1.67. The molecule has 0 spiro atoms. The van der Waals surface area contributed by atoms with Crippen LogP contribution >= 0.6 is 11.6 Å². The van der Waals surface area contributed by atoms with Gasteiger partial charge in [-0.05, 0) is 23.8 Å². The molecule has 0 unspecified atom stereocenters. The van der Waals surface area contributed by atoms with Crippen LogP contribution in [0.3, 0.4) is 0 Å². The third-order valence-corrected chi connectivity index (χ3v) is 2.91. The first-order chi connectivity index (χ1) is 9.11. The standard InChI is InChI=1S/C14H14ClN3O/c1-3-8-16-14(19)12-9-13(18(2)17-12)10-4-6-11(15)7-5-10/h3-7,9H,1,8H2,2H3,(H,16,19). The predicted molar refractivity (Wildman–Crippen MR) is 76.2 cm³/mol. The quantitative estimate of drug-likeness (QED) is 0.872. The van der Waals surface area contributed by atoms with E-state index in [0.29, 0.717) is 17.3 Å². The van der Waals surface area contributed by atoms with E-state index in [1.54, 1.807) is 36.0 Å². The summed E-state index contributed by atoms with van der Waals surface area (Å²) in [4.78, 5) is 11.8. The Morgan fingerprint density at radius 2 is 2.16 bits per heavy atom. The summed E-state index contributed by atoms with van der Waals surface area (Å²) in [6.45, 7) is 3.97. The molecule has 0 radical (unpaired) electrons. The van der Waals surface area contributed by atoms with E-state index in [2.05, 4.69) is 17.0 Å². The summed E-state index contributed by atoms with van der Waals surface area (Å²) >= 11 is 5.86. The fourth-order valence-electron chi connectivity index (χ4n) is 1.72. The molecule has 1 N–H and O–H groups in total. The summed E-state index contributed by atoms with van der Waals surface area (Å²) in [6, 6.07) is 9.15. The molecule has 0 fully saturated rings. The highest BCUT2D eigenvalue weighted by Crippen LogP contribution is 2.21. The van der Waals surface area contributed by atoms with Crippen molar-refractivity contribution in [2.24, 2.45) is 7.05 Å². The second-order valence-electron chi connectivity index (χ2n) is 4.04. The van der Waals surface area contributed by atoms with Crippen LogP contribution in [0.2, 0.25) is 5.02 Å². The summed E-state index contributed by atoms with van der Waals surface area (Å²) in [5.41, 5.74) is 2.21. The summed E-state index contributed by atoms with van der Waals surface area (Å²) in [5, 5.41) is 7.57. The van der Waals surface area contributed by atoms with Crippen molar-refractivity contribution in [2.45, 2.75) is 0 Å². The molecule has 4 nitrogen and oxygen atoms in total. The Morgan fingerprint density at radius 1 is 1.47 bits per heavy atom. The zero-order valence-corrected chi connectivity index (χ0v) is 11.3. The van der Waals surface area contributed by atoms with Gasteiger partial charge in [-0.3, -0.25) is 9.48 Å². The number of halogens is 1. The molecule has 2 aromatic rings. The van der Waals surface area contributed by atoms with Crippen LogP contribution in [0.25, 0.3) is 11.3 Å². The molecule has 0 aliphatic carbocycles. The number of carbonyl (C=O) groups is 1. The number of nitrogens with zero attached hydrogens (tertiary/aromatic N) is 2. The lowest BCUT2D eigenvalue weighted by atomic mass is 10.1. The average Bonchev–Trinajstić information content (AvgIpc) is 2.79. The van der Waals surface area contributed by atoms with Crippen LogP contribution in [0, 0.1) is 0 Å². The van der Waals surface area contributed by atoms with Gasteiger partial charge in [-0.2, -0.15) is 5.10 Å². The lowest BCUT2D eigenvalue weighted by Gasteiger charge is -2.00. The van der Waals surface area contributed by atoms with Gasteiger partial charge in [-0.1, -0.05) is 29.8 Å². The van der Waals surface area contributed by atoms with Crippen LogP contribution in [0.1, 0.15) is 10.5 Å². The van der Waals surface area contributed by atoms with E-state index < -0.39 is 0 Å². The minimum absolute atomic E-state index is 0.212. The highest BCUT2D eigenvalue weighted by atomic mass is 35.5. The van der Waals surface area contributed by atoms with E-state index in [1.807, 2.05) is 12.1 Å². The van der Waals surface area contributed by atoms with Crippen molar-refractivity contribution in [1.82, 2.24) is 15.1 Å². The largest absolute Gasteiger partial charge is 0.347 e. The minimum Gasteiger partial charge on any atom is -0.347 e. The topological polar surface area (TPSA) is 46.9 Å². The number of benzene rings is 1. The van der Waals surface area contributed by atoms with Gasteiger partial charge < -0.3 is 5.32 Å². The van der Waals surface area contributed by atoms with E-state index in [0.717, 1.165) is 11.3 Å². The number of hydrogen-bond acceptors (Lipinski definition) is 2. The Morgan fingerprint density at radius 3 is 2.79 bits per heavy atom. The van der Waals surface area contributed by atoms with Crippen molar-refractivity contribution in [3.8, 4) is 11.3 Å². The van der Waals surface area contributed by atoms with Crippen LogP contribution in [-0.4, -0.2) is 22.2 Å². The highest BCUT2D eigenvalue weighted by Gasteiger charge is 2.13. The second kappa shape index (κ2) is 5.71. The molecule has 1 heterocycles. The van der Waals surface area contributed by atoms with E-state index in [-0.39, 0.29) is 5.91 Å². The van der Waals surface area contributed by atoms with E-state index in [1.165, 1.54) is 0 Å². The second-order valence-corrected chi connectivity index (χ2v) is 4.48. The normalized spacial score (nSPS) is 10.2. The van der Waals surface area contributed by atoms with Gasteiger partial charge in [0.05, 0.1) is 5.69 Å². The number of nitrogens with one attached hydrogen (secondary N) is 1. The third-order valence-electron chi connectivity index (χ3n) is 2.66. The van der Waals surface area contributed by atoms with Gasteiger partial charge in [0.1, 0.15) is 0 Å². The van der Waals surface area contributed by atoms with Crippen molar-refractivity contribution in [2.75, 3.05) is 6.54 Å². The molecular formula is C14H14ClN3O. The van der Waals surface area contributed by atoms with Crippen LogP contribution < -0.4 is 5.32 Å². The molecular weight excluding hydrogens is 262 g/mol. The zero-order valence-electron chi connectivity index (χ0n) is 10.6. The van der Waals surface area contributed by atoms with Gasteiger partial charge in [0.2, 0.25) is 0 Å². The first kappa shape index (κ1) is 13.4. The highest BCUT2D eigenvalue weighted by molar-refractivity contribution is 6.30. The molecule has 1 amide bonds. The number of hydrogen-bond donors (Lipinski definition) is 1. The Hall–Kier alpha value is -2.07. The number of carbonyl (C=O) groups excluding carboxylic acids is 1. The average molecular weight is 276 g/mol. The van der Waals surface area contributed by atoms with Crippen molar-refractivity contribution >= 4 is 17.5 Å². The maximum Gasteiger partial charge on any atom is 0.272 e. The Balaban J connectivity index is 2.28. The first-order valence-corrected chi connectivity index (χ1v) is 6.18. The molecule has 98 valence electrons. The van der Waals surface area contributed by atoms with Crippen LogP contribution in [0.4, 0.5) is 0 Å². The number of rotatable bonds is 4. The first-order valence-electron chi connectivity index (χ1n) is 5.81. The monoisotopic (exact) mass is 275 g/mol. The smallest absolute Gasteiger partial charge is 0.272 e. The molecule has 19 heavy (non-hydrogen) atoms. The van der Waals surface area contributed by atoms with Gasteiger partial charge in [0.15, 0.2) is 5.69 Å². The molecule has 0 aliphatic rings. The fraction of sp³-hybridized carbons (Fsp3) is 0.143. The van der Waals surface area contributed by atoms with Crippen molar-refractivity contribution in [1.29, 1.82) is 0 Å².